The third-order valence-corrected chi connectivity index (χ3v) is 9.93. The molecule has 0 unspecified atom stereocenters. The van der Waals surface area contributed by atoms with Crippen molar-refractivity contribution in [3.05, 3.63) is 94.3 Å². The minimum atomic E-state index is -0.561. The Morgan fingerprint density at radius 3 is 2.21 bits per heavy atom. The van der Waals surface area contributed by atoms with E-state index in [0.29, 0.717) is 16.9 Å². The summed E-state index contributed by atoms with van der Waals surface area (Å²) in [6.07, 6.45) is 11.3. The van der Waals surface area contributed by atoms with Gasteiger partial charge in [-0.2, -0.15) is 10.4 Å². The molecule has 2 heterocycles. The average molecular weight is 559 g/mol. The number of benzene rings is 2. The summed E-state index contributed by atoms with van der Waals surface area (Å²) >= 11 is 0. The third kappa shape index (κ3) is 4.37. The molecule has 0 saturated heterocycles. The van der Waals surface area contributed by atoms with E-state index in [1.54, 1.807) is 26.2 Å². The van der Waals surface area contributed by atoms with Gasteiger partial charge in [-0.25, -0.2) is 4.68 Å². The quantitative estimate of drug-likeness (QED) is 0.268. The summed E-state index contributed by atoms with van der Waals surface area (Å²) in [5.74, 6) is 1.94. The summed E-state index contributed by atoms with van der Waals surface area (Å²) in [5, 5.41) is 15.2. The van der Waals surface area contributed by atoms with Gasteiger partial charge in [0.1, 0.15) is 17.4 Å². The second-order valence-electron chi connectivity index (χ2n) is 12.6. The second-order valence-corrected chi connectivity index (χ2v) is 12.6. The summed E-state index contributed by atoms with van der Waals surface area (Å²) in [4.78, 5) is 28.5. The van der Waals surface area contributed by atoms with Crippen LogP contribution in [-0.2, 0) is 21.5 Å². The van der Waals surface area contributed by atoms with E-state index in [1.807, 2.05) is 59.4 Å². The summed E-state index contributed by atoms with van der Waals surface area (Å²) < 4.78 is 7.18. The molecule has 4 aliphatic carbocycles. The van der Waals surface area contributed by atoms with Crippen LogP contribution in [0, 0.1) is 29.1 Å². The minimum Gasteiger partial charge on any atom is -0.497 e. The average Bonchev–Trinajstić information content (AvgIpc) is 3.43. The molecule has 4 saturated carbocycles. The lowest BCUT2D eigenvalue weighted by atomic mass is 9.48. The van der Waals surface area contributed by atoms with Crippen molar-refractivity contribution in [1.29, 1.82) is 5.26 Å². The molecule has 3 aromatic rings. The Morgan fingerprint density at radius 2 is 1.62 bits per heavy atom. The number of hydrogen-bond donors (Lipinski definition) is 0. The first-order valence-corrected chi connectivity index (χ1v) is 14.8. The number of carbonyl (C=O) groups is 2. The van der Waals surface area contributed by atoms with Crippen LogP contribution in [0.25, 0.3) is 11.8 Å². The van der Waals surface area contributed by atoms with Gasteiger partial charge < -0.3 is 4.74 Å². The number of imide groups is 1. The van der Waals surface area contributed by atoms with E-state index in [4.69, 9.17) is 9.84 Å². The van der Waals surface area contributed by atoms with E-state index in [1.165, 1.54) is 24.2 Å². The first-order valence-electron chi connectivity index (χ1n) is 14.8. The number of amides is 2. The number of methoxy groups -OCH3 is 1. The van der Waals surface area contributed by atoms with Crippen molar-refractivity contribution in [2.45, 2.75) is 57.4 Å². The van der Waals surface area contributed by atoms with E-state index in [0.717, 1.165) is 59.5 Å². The van der Waals surface area contributed by atoms with E-state index in [2.05, 4.69) is 6.07 Å². The molecule has 7 nitrogen and oxygen atoms in total. The van der Waals surface area contributed by atoms with Crippen LogP contribution >= 0.6 is 0 Å². The molecule has 0 spiro atoms. The van der Waals surface area contributed by atoms with Gasteiger partial charge in [-0.3, -0.25) is 14.5 Å². The van der Waals surface area contributed by atoms with Crippen LogP contribution in [0.2, 0.25) is 0 Å². The zero-order chi connectivity index (χ0) is 29.0. The Morgan fingerprint density at radius 1 is 0.976 bits per heavy atom. The number of nitriles is 1. The van der Waals surface area contributed by atoms with Crippen molar-refractivity contribution in [2.24, 2.45) is 17.8 Å². The topological polar surface area (TPSA) is 88.2 Å². The van der Waals surface area contributed by atoms with E-state index < -0.39 is 11.8 Å². The maximum atomic E-state index is 14.0. The van der Waals surface area contributed by atoms with Gasteiger partial charge in [0, 0.05) is 22.7 Å². The lowest BCUT2D eigenvalue weighted by molar-refractivity contribution is -0.141. The molecule has 2 amide bonds. The molecule has 7 heteroatoms. The Kier molecular flexibility index (Phi) is 6.38. The molecular weight excluding hydrogens is 524 g/mol. The lowest BCUT2D eigenvalue weighted by Gasteiger charge is -2.56. The van der Waals surface area contributed by atoms with Crippen molar-refractivity contribution in [3.8, 4) is 17.5 Å². The summed E-state index contributed by atoms with van der Waals surface area (Å²) in [5.41, 5.74) is 4.48. The highest BCUT2D eigenvalue weighted by atomic mass is 16.5. The number of aromatic nitrogens is 2. The number of rotatable bonds is 6. The van der Waals surface area contributed by atoms with Gasteiger partial charge in [0.05, 0.1) is 25.0 Å². The third-order valence-electron chi connectivity index (χ3n) is 9.93. The highest BCUT2D eigenvalue weighted by Gasteiger charge is 2.53. The Balaban J connectivity index is 1.33. The minimum absolute atomic E-state index is 0.00108. The van der Waals surface area contributed by atoms with E-state index in [-0.39, 0.29) is 17.5 Å². The van der Waals surface area contributed by atoms with Crippen molar-refractivity contribution < 1.29 is 14.3 Å². The Labute approximate surface area is 246 Å². The molecule has 4 fully saturated rings. The van der Waals surface area contributed by atoms with Crippen LogP contribution in [-0.4, -0.2) is 33.6 Å². The maximum Gasteiger partial charge on any atom is 0.271 e. The molecule has 212 valence electrons. The zero-order valence-electron chi connectivity index (χ0n) is 24.0. The van der Waals surface area contributed by atoms with Gasteiger partial charge in [0.2, 0.25) is 0 Å². The highest BCUT2D eigenvalue weighted by Crippen LogP contribution is 2.61. The van der Waals surface area contributed by atoms with Crippen molar-refractivity contribution in [3.63, 3.8) is 0 Å². The molecule has 0 atom stereocenters. The van der Waals surface area contributed by atoms with Gasteiger partial charge in [0.25, 0.3) is 11.8 Å². The number of ether oxygens (including phenoxy) is 1. The predicted octanol–water partition coefficient (Wildman–Crippen LogP) is 6.14. The molecule has 1 aromatic heterocycles. The number of nitrogens with zero attached hydrogens (tertiary/aromatic N) is 4. The molecule has 1 aliphatic heterocycles. The first kappa shape index (κ1) is 26.5. The molecule has 0 N–H and O–H groups in total. The summed E-state index contributed by atoms with van der Waals surface area (Å²) in [7, 11) is 1.59. The molecule has 0 radical (unpaired) electrons. The van der Waals surface area contributed by atoms with Gasteiger partial charge in [0.15, 0.2) is 0 Å². The lowest BCUT2D eigenvalue weighted by Crippen LogP contribution is -2.49. The van der Waals surface area contributed by atoms with E-state index in [9.17, 15) is 14.9 Å². The highest BCUT2D eigenvalue weighted by molar-refractivity contribution is 6.19. The maximum absolute atomic E-state index is 14.0. The van der Waals surface area contributed by atoms with Crippen LogP contribution < -0.4 is 4.74 Å². The van der Waals surface area contributed by atoms with Crippen LogP contribution in [0.4, 0.5) is 0 Å². The molecule has 2 aromatic carbocycles. The Hall–Kier alpha value is -4.44. The normalized spacial score (nSPS) is 27.6. The van der Waals surface area contributed by atoms with Gasteiger partial charge in [-0.1, -0.05) is 30.3 Å². The zero-order valence-corrected chi connectivity index (χ0v) is 24.0. The van der Waals surface area contributed by atoms with Crippen LogP contribution in [0.3, 0.4) is 0 Å². The molecular formula is C35H34N4O3. The molecule has 5 aliphatic rings. The molecule has 4 bridgehead atoms. The van der Waals surface area contributed by atoms with Crippen LogP contribution in [0.1, 0.15) is 62.3 Å². The standard InChI is InChI=1S/C35H34N4O3/c1-22-30(33(40)38(34(41)31(22)19-36)20-23-8-10-29(42-2)11-9-23)15-27-21-39(28-6-4-3-5-7-28)37-32(27)35-16-24-12-25(17-35)14-26(13-24)18-35/h3-11,15,21,24-26H,12-14,16-18,20H2,1-2H3/b30-15+. The Bertz CT molecular complexity index is 1640. The van der Waals surface area contributed by atoms with E-state index >= 15 is 0 Å². The number of para-hydroxylation sites is 1. The van der Waals surface area contributed by atoms with Gasteiger partial charge >= 0.3 is 0 Å². The fourth-order valence-corrected chi connectivity index (χ4v) is 8.36. The first-order chi connectivity index (χ1) is 20.4. The predicted molar refractivity (Wildman–Crippen MR) is 158 cm³/mol. The SMILES string of the molecule is COc1ccc(CN2C(=O)C(C#N)=C(C)/C(=C\c3cn(-c4ccccc4)nc3C34CC5CC(CC(C5)C3)C4)C2=O)cc1. The van der Waals surface area contributed by atoms with Gasteiger partial charge in [-0.15, -0.1) is 0 Å². The van der Waals surface area contributed by atoms with Crippen molar-refractivity contribution in [2.75, 3.05) is 7.11 Å². The fraction of sp³-hybridized carbons (Fsp3) is 0.371. The monoisotopic (exact) mass is 558 g/mol. The number of carbonyl (C=O) groups excluding carboxylic acids is 2. The van der Waals surface area contributed by atoms with Gasteiger partial charge in [-0.05, 0) is 105 Å². The summed E-state index contributed by atoms with van der Waals surface area (Å²) in [6.45, 7) is 1.78. The fourth-order valence-electron chi connectivity index (χ4n) is 8.36. The van der Waals surface area contributed by atoms with Crippen molar-refractivity contribution >= 4 is 17.9 Å². The smallest absolute Gasteiger partial charge is 0.271 e. The number of hydrogen-bond acceptors (Lipinski definition) is 5. The molecule has 8 rings (SSSR count). The largest absolute Gasteiger partial charge is 0.497 e. The molecule has 42 heavy (non-hydrogen) atoms. The summed E-state index contributed by atoms with van der Waals surface area (Å²) in [6, 6.07) is 19.4. The van der Waals surface area contributed by atoms with Crippen LogP contribution in [0.15, 0.2) is 77.5 Å². The van der Waals surface area contributed by atoms with Crippen molar-refractivity contribution in [1.82, 2.24) is 14.7 Å². The second kappa shape index (κ2) is 10.1. The van der Waals surface area contributed by atoms with Crippen LogP contribution in [0.5, 0.6) is 5.75 Å².